The molecule has 0 fully saturated rings. The topological polar surface area (TPSA) is 107 Å². The maximum Gasteiger partial charge on any atom is 0.186 e. The Hall–Kier alpha value is -3.50. The summed E-state index contributed by atoms with van der Waals surface area (Å²) in [4.78, 5) is 17.0. The molecule has 4 aromatic rings. The number of rotatable bonds is 5. The van der Waals surface area contributed by atoms with Crippen molar-refractivity contribution < 1.29 is 8.78 Å². The minimum Gasteiger partial charge on any atom is -0.381 e. The lowest BCUT2D eigenvalue weighted by molar-refractivity contribution is 0.584. The summed E-state index contributed by atoms with van der Waals surface area (Å²) in [7, 11) is 0. The molecule has 0 aliphatic rings. The first-order valence-corrected chi connectivity index (χ1v) is 9.86. The number of nitrogens with zero attached hydrogens (tertiary/aromatic N) is 5. The highest BCUT2D eigenvalue weighted by Crippen LogP contribution is 2.25. The zero-order valence-corrected chi connectivity index (χ0v) is 17.6. The molecular formula is C21H16BrF2N7. The van der Waals surface area contributed by atoms with E-state index in [0.29, 0.717) is 5.82 Å². The minimum absolute atomic E-state index is 0.0931. The third-order valence-corrected chi connectivity index (χ3v) is 4.78. The predicted molar refractivity (Wildman–Crippen MR) is 117 cm³/mol. The van der Waals surface area contributed by atoms with Crippen molar-refractivity contribution in [3.8, 4) is 22.6 Å². The van der Waals surface area contributed by atoms with Crippen LogP contribution >= 0.6 is 15.9 Å². The lowest BCUT2D eigenvalue weighted by atomic mass is 10.1. The normalized spacial score (nSPS) is 10.8. The Kier molecular flexibility index (Phi) is 5.83. The largest absolute Gasteiger partial charge is 0.381 e. The van der Waals surface area contributed by atoms with Gasteiger partial charge >= 0.3 is 0 Å². The zero-order valence-electron chi connectivity index (χ0n) is 16.0. The Balaban J connectivity index is 1.61. The van der Waals surface area contributed by atoms with Gasteiger partial charge in [-0.25, -0.2) is 34.6 Å². The molecule has 2 aromatic heterocycles. The van der Waals surface area contributed by atoms with Gasteiger partial charge in [-0.05, 0) is 39.7 Å². The van der Waals surface area contributed by atoms with E-state index < -0.39 is 11.6 Å². The summed E-state index contributed by atoms with van der Waals surface area (Å²) in [5.41, 5.74) is 8.10. The van der Waals surface area contributed by atoms with E-state index in [9.17, 15) is 8.78 Å². The van der Waals surface area contributed by atoms with Crippen LogP contribution in [0.4, 0.5) is 20.4 Å². The van der Waals surface area contributed by atoms with E-state index in [0.717, 1.165) is 33.8 Å². The lowest BCUT2D eigenvalue weighted by Crippen LogP contribution is -2.32. The van der Waals surface area contributed by atoms with Crippen LogP contribution in [0.1, 0.15) is 5.56 Å². The Labute approximate surface area is 184 Å². The van der Waals surface area contributed by atoms with E-state index in [1.165, 1.54) is 11.2 Å². The van der Waals surface area contributed by atoms with Crippen LogP contribution in [-0.4, -0.2) is 19.9 Å². The van der Waals surface area contributed by atoms with Gasteiger partial charge in [0.2, 0.25) is 0 Å². The van der Waals surface area contributed by atoms with E-state index in [2.05, 4.69) is 35.9 Å². The van der Waals surface area contributed by atoms with Gasteiger partial charge in [-0.3, -0.25) is 5.01 Å². The second kappa shape index (κ2) is 8.70. The molecule has 10 heteroatoms. The fourth-order valence-electron chi connectivity index (χ4n) is 2.98. The number of anilines is 2. The zero-order chi connectivity index (χ0) is 22.0. The highest BCUT2D eigenvalue weighted by atomic mass is 79.9. The summed E-state index contributed by atoms with van der Waals surface area (Å²) in [5.74, 6) is 5.63. The van der Waals surface area contributed by atoms with Crippen molar-refractivity contribution in [2.75, 3.05) is 10.7 Å². The predicted octanol–water partition coefficient (Wildman–Crippen LogP) is 4.10. The van der Waals surface area contributed by atoms with Crippen molar-refractivity contribution >= 4 is 27.6 Å². The molecule has 156 valence electrons. The van der Waals surface area contributed by atoms with Gasteiger partial charge in [0.1, 0.15) is 11.6 Å². The van der Waals surface area contributed by atoms with Crippen molar-refractivity contribution in [3.63, 3.8) is 0 Å². The molecule has 0 saturated carbocycles. The van der Waals surface area contributed by atoms with Gasteiger partial charge in [-0.2, -0.15) is 0 Å². The first-order valence-electron chi connectivity index (χ1n) is 9.07. The molecule has 0 spiro atoms. The Morgan fingerprint density at radius 2 is 1.61 bits per heavy atom. The maximum absolute atomic E-state index is 13.6. The quantitative estimate of drug-likeness (QED) is 0.325. The molecule has 4 N–H and O–H groups in total. The minimum atomic E-state index is -0.716. The van der Waals surface area contributed by atoms with Crippen LogP contribution in [0.2, 0.25) is 0 Å². The number of hydrogen-bond acceptors (Lipinski definition) is 7. The van der Waals surface area contributed by atoms with Gasteiger partial charge in [-0.1, -0.05) is 18.2 Å². The maximum atomic E-state index is 13.6. The number of hydrogen-bond donors (Lipinski definition) is 2. The average molecular weight is 484 g/mol. The van der Waals surface area contributed by atoms with Crippen LogP contribution in [0.3, 0.4) is 0 Å². The van der Waals surface area contributed by atoms with Gasteiger partial charge in [0.15, 0.2) is 17.5 Å². The summed E-state index contributed by atoms with van der Waals surface area (Å²) in [6.07, 6.45) is 4.68. The van der Waals surface area contributed by atoms with Crippen molar-refractivity contribution in [2.24, 2.45) is 5.84 Å². The Bertz CT molecular complexity index is 1210. The molecule has 0 aliphatic carbocycles. The molecule has 2 heterocycles. The van der Waals surface area contributed by atoms with Gasteiger partial charge < -0.3 is 5.73 Å². The highest BCUT2D eigenvalue weighted by molar-refractivity contribution is 9.10. The van der Waals surface area contributed by atoms with Crippen LogP contribution < -0.4 is 16.6 Å². The summed E-state index contributed by atoms with van der Waals surface area (Å²) in [6, 6.07) is 10.7. The standard InChI is InChI=1S/C21H16BrF2N7/c22-15-8-28-20(29-9-15)13-3-1-2-12(4-13)11-31(26)21-19(25)27-10-18(30-21)14-5-16(23)7-17(24)6-14/h1-10H,11,26H2,(H2,25,27). The Morgan fingerprint density at radius 1 is 0.903 bits per heavy atom. The number of benzene rings is 2. The van der Waals surface area contributed by atoms with E-state index in [1.54, 1.807) is 12.4 Å². The second-order valence-electron chi connectivity index (χ2n) is 6.68. The molecule has 0 bridgehead atoms. The summed E-state index contributed by atoms with van der Waals surface area (Å²) in [5, 5.41) is 1.32. The van der Waals surface area contributed by atoms with Gasteiger partial charge in [0.05, 0.1) is 22.9 Å². The molecule has 0 unspecified atom stereocenters. The van der Waals surface area contributed by atoms with Crippen LogP contribution in [0.15, 0.2) is 65.5 Å². The molecule has 0 amide bonds. The van der Waals surface area contributed by atoms with Crippen LogP contribution in [0.5, 0.6) is 0 Å². The van der Waals surface area contributed by atoms with Crippen molar-refractivity contribution in [1.29, 1.82) is 0 Å². The number of halogens is 3. The summed E-state index contributed by atoms with van der Waals surface area (Å²) in [6.45, 7) is 0.254. The number of aromatic nitrogens is 4. The molecule has 31 heavy (non-hydrogen) atoms. The van der Waals surface area contributed by atoms with E-state index in [4.69, 9.17) is 11.6 Å². The molecule has 0 saturated heterocycles. The number of hydrazine groups is 1. The molecule has 7 nitrogen and oxygen atoms in total. The van der Waals surface area contributed by atoms with Gasteiger partial charge in [-0.15, -0.1) is 0 Å². The van der Waals surface area contributed by atoms with Crippen LogP contribution in [-0.2, 0) is 6.54 Å². The van der Waals surface area contributed by atoms with E-state index >= 15 is 0 Å². The van der Waals surface area contributed by atoms with Crippen LogP contribution in [0, 0.1) is 11.6 Å². The van der Waals surface area contributed by atoms with Gasteiger partial charge in [0.25, 0.3) is 0 Å². The van der Waals surface area contributed by atoms with Crippen molar-refractivity contribution in [3.05, 3.63) is 82.7 Å². The molecule has 2 aromatic carbocycles. The lowest BCUT2D eigenvalue weighted by Gasteiger charge is -2.20. The monoisotopic (exact) mass is 483 g/mol. The number of nitrogen functional groups attached to an aromatic ring is 1. The Morgan fingerprint density at radius 3 is 2.32 bits per heavy atom. The van der Waals surface area contributed by atoms with E-state index in [1.807, 2.05) is 24.3 Å². The van der Waals surface area contributed by atoms with Gasteiger partial charge in [0, 0.05) is 29.6 Å². The SMILES string of the molecule is Nc1ncc(-c2cc(F)cc(F)c2)nc1N(N)Cc1cccc(-c2ncc(Br)cn2)c1. The summed E-state index contributed by atoms with van der Waals surface area (Å²) < 4.78 is 27.9. The fraction of sp³-hybridized carbons (Fsp3) is 0.0476. The highest BCUT2D eigenvalue weighted by Gasteiger charge is 2.14. The third-order valence-electron chi connectivity index (χ3n) is 4.37. The summed E-state index contributed by atoms with van der Waals surface area (Å²) >= 11 is 3.31. The molecule has 0 aliphatic heterocycles. The first-order chi connectivity index (χ1) is 14.9. The molecule has 0 atom stereocenters. The molecule has 4 rings (SSSR count). The van der Waals surface area contributed by atoms with Crippen LogP contribution in [0.25, 0.3) is 22.6 Å². The average Bonchev–Trinajstić information content (AvgIpc) is 2.74. The van der Waals surface area contributed by atoms with E-state index in [-0.39, 0.29) is 29.4 Å². The molecule has 0 radical (unpaired) electrons. The molecular weight excluding hydrogens is 468 g/mol. The third kappa shape index (κ3) is 4.81. The smallest absolute Gasteiger partial charge is 0.186 e. The number of nitrogens with two attached hydrogens (primary N) is 2. The first kappa shape index (κ1) is 20.8. The fourth-order valence-corrected chi connectivity index (χ4v) is 3.19. The van der Waals surface area contributed by atoms with Crippen molar-refractivity contribution in [2.45, 2.75) is 6.54 Å². The van der Waals surface area contributed by atoms with Crippen molar-refractivity contribution in [1.82, 2.24) is 19.9 Å². The second-order valence-corrected chi connectivity index (χ2v) is 7.59.